The summed E-state index contributed by atoms with van der Waals surface area (Å²) < 4.78 is 0. The van der Waals surface area contributed by atoms with E-state index < -0.39 is 0 Å². The van der Waals surface area contributed by atoms with Crippen LogP contribution in [-0.2, 0) is 6.54 Å². The van der Waals surface area contributed by atoms with Crippen molar-refractivity contribution in [1.82, 2.24) is 15.3 Å². The van der Waals surface area contributed by atoms with Crippen molar-refractivity contribution in [2.75, 3.05) is 7.05 Å². The maximum absolute atomic E-state index is 4.51. The molecule has 2 aromatic rings. The van der Waals surface area contributed by atoms with Crippen LogP contribution in [0.25, 0.3) is 11.4 Å². The van der Waals surface area contributed by atoms with E-state index in [9.17, 15) is 0 Å². The van der Waals surface area contributed by atoms with Crippen molar-refractivity contribution < 1.29 is 0 Å². The van der Waals surface area contributed by atoms with Gasteiger partial charge in [-0.15, -0.1) is 0 Å². The fourth-order valence-corrected chi connectivity index (χ4v) is 1.42. The molecular weight excluding hydrogens is 186 g/mol. The maximum atomic E-state index is 4.51. The highest BCUT2D eigenvalue weighted by molar-refractivity contribution is 5.53. The Bertz CT molecular complexity index is 426. The number of hydrogen-bond donors (Lipinski definition) is 1. The van der Waals surface area contributed by atoms with Gasteiger partial charge in [-0.25, -0.2) is 4.98 Å². The zero-order valence-corrected chi connectivity index (χ0v) is 8.64. The van der Waals surface area contributed by atoms with Gasteiger partial charge in [0.1, 0.15) is 0 Å². The summed E-state index contributed by atoms with van der Waals surface area (Å²) in [5.74, 6) is 0. The molecule has 0 spiro atoms. The number of nitrogens with zero attached hydrogens (tertiary/aromatic N) is 2. The van der Waals surface area contributed by atoms with Crippen LogP contribution in [0.3, 0.4) is 0 Å². The summed E-state index contributed by atoms with van der Waals surface area (Å²) in [7, 11) is 1.91. The Hall–Kier alpha value is -1.74. The van der Waals surface area contributed by atoms with Crippen molar-refractivity contribution in [3.05, 3.63) is 48.3 Å². The van der Waals surface area contributed by atoms with Crippen LogP contribution >= 0.6 is 0 Å². The summed E-state index contributed by atoms with van der Waals surface area (Å²) in [6.07, 6.45) is 1.78. The minimum atomic E-state index is 0.778. The van der Waals surface area contributed by atoms with Crippen LogP contribution in [-0.4, -0.2) is 17.0 Å². The molecule has 0 radical (unpaired) electrons. The van der Waals surface area contributed by atoms with Gasteiger partial charge in [-0.1, -0.05) is 12.1 Å². The molecule has 3 heteroatoms. The molecule has 0 bridgehead atoms. The first-order valence-corrected chi connectivity index (χ1v) is 4.92. The smallest absolute Gasteiger partial charge is 0.0890 e. The van der Waals surface area contributed by atoms with Gasteiger partial charge >= 0.3 is 0 Å². The Kier molecular flexibility index (Phi) is 3.05. The molecule has 15 heavy (non-hydrogen) atoms. The average molecular weight is 199 g/mol. The lowest BCUT2D eigenvalue weighted by atomic mass is 10.2. The van der Waals surface area contributed by atoms with Gasteiger partial charge in [0, 0.05) is 12.7 Å². The highest BCUT2D eigenvalue weighted by Crippen LogP contribution is 2.13. The first-order chi connectivity index (χ1) is 7.40. The highest BCUT2D eigenvalue weighted by Gasteiger charge is 2.00. The van der Waals surface area contributed by atoms with E-state index in [4.69, 9.17) is 0 Å². The zero-order chi connectivity index (χ0) is 10.5. The molecule has 2 rings (SSSR count). The van der Waals surface area contributed by atoms with Crippen LogP contribution in [0.4, 0.5) is 0 Å². The average Bonchev–Trinajstić information content (AvgIpc) is 2.31. The number of hydrogen-bond acceptors (Lipinski definition) is 3. The van der Waals surface area contributed by atoms with Gasteiger partial charge in [-0.05, 0) is 31.3 Å². The summed E-state index contributed by atoms with van der Waals surface area (Å²) in [5.41, 5.74) is 2.86. The van der Waals surface area contributed by atoms with E-state index in [2.05, 4.69) is 15.3 Å². The lowest BCUT2D eigenvalue weighted by molar-refractivity contribution is 0.792. The molecule has 2 heterocycles. The number of aromatic nitrogens is 2. The Morgan fingerprint density at radius 3 is 2.67 bits per heavy atom. The molecule has 0 aromatic carbocycles. The Morgan fingerprint density at radius 2 is 1.93 bits per heavy atom. The Labute approximate surface area is 89.2 Å². The molecule has 0 fully saturated rings. The van der Waals surface area contributed by atoms with Gasteiger partial charge < -0.3 is 5.32 Å². The maximum Gasteiger partial charge on any atom is 0.0890 e. The molecule has 0 aliphatic heterocycles. The molecule has 0 aliphatic rings. The first-order valence-electron chi connectivity index (χ1n) is 4.92. The van der Waals surface area contributed by atoms with Crippen LogP contribution in [0, 0.1) is 0 Å². The summed E-state index contributed by atoms with van der Waals surface area (Å²) in [6, 6.07) is 11.8. The summed E-state index contributed by atoms with van der Waals surface area (Å²) in [4.78, 5) is 8.78. The second kappa shape index (κ2) is 4.66. The number of pyridine rings is 2. The van der Waals surface area contributed by atoms with Gasteiger partial charge in [0.05, 0.1) is 17.1 Å². The normalized spacial score (nSPS) is 10.2. The van der Waals surface area contributed by atoms with Crippen molar-refractivity contribution in [3.8, 4) is 11.4 Å². The van der Waals surface area contributed by atoms with Gasteiger partial charge in [0.25, 0.3) is 0 Å². The van der Waals surface area contributed by atoms with E-state index in [1.54, 1.807) is 6.20 Å². The zero-order valence-electron chi connectivity index (χ0n) is 8.64. The number of rotatable bonds is 3. The Morgan fingerprint density at radius 1 is 1.07 bits per heavy atom. The van der Waals surface area contributed by atoms with Crippen LogP contribution in [0.2, 0.25) is 0 Å². The minimum absolute atomic E-state index is 0.778. The van der Waals surface area contributed by atoms with Crippen molar-refractivity contribution in [2.24, 2.45) is 0 Å². The standard InChI is InChI=1S/C12H13N3/c1-13-9-10-5-4-7-12(15-10)11-6-2-3-8-14-11/h2-8,13H,9H2,1H3. The van der Waals surface area contributed by atoms with Crippen LogP contribution in [0.1, 0.15) is 5.69 Å². The second-order valence-electron chi connectivity index (χ2n) is 3.26. The van der Waals surface area contributed by atoms with Gasteiger partial charge in [-0.2, -0.15) is 0 Å². The van der Waals surface area contributed by atoms with Crippen LogP contribution < -0.4 is 5.32 Å². The third kappa shape index (κ3) is 2.39. The molecule has 3 nitrogen and oxygen atoms in total. The minimum Gasteiger partial charge on any atom is -0.314 e. The fourth-order valence-electron chi connectivity index (χ4n) is 1.42. The predicted octanol–water partition coefficient (Wildman–Crippen LogP) is 1.86. The molecule has 0 atom stereocenters. The largest absolute Gasteiger partial charge is 0.314 e. The first kappa shape index (κ1) is 9.80. The van der Waals surface area contributed by atoms with Crippen molar-refractivity contribution in [3.63, 3.8) is 0 Å². The third-order valence-corrected chi connectivity index (χ3v) is 2.09. The SMILES string of the molecule is CNCc1cccc(-c2ccccn2)n1. The number of nitrogens with one attached hydrogen (secondary N) is 1. The summed E-state index contributed by atoms with van der Waals surface area (Å²) in [5, 5.41) is 3.08. The lowest BCUT2D eigenvalue weighted by Crippen LogP contribution is -2.07. The molecular formula is C12H13N3. The topological polar surface area (TPSA) is 37.8 Å². The van der Waals surface area contributed by atoms with E-state index in [0.717, 1.165) is 23.6 Å². The van der Waals surface area contributed by atoms with Crippen LogP contribution in [0.15, 0.2) is 42.6 Å². The predicted molar refractivity (Wildman–Crippen MR) is 60.2 cm³/mol. The summed E-state index contributed by atoms with van der Waals surface area (Å²) >= 11 is 0. The monoisotopic (exact) mass is 199 g/mol. The fraction of sp³-hybridized carbons (Fsp3) is 0.167. The molecule has 0 saturated carbocycles. The van der Waals surface area contributed by atoms with E-state index in [-0.39, 0.29) is 0 Å². The Balaban J connectivity index is 2.33. The van der Waals surface area contributed by atoms with Gasteiger partial charge in [0.15, 0.2) is 0 Å². The molecule has 76 valence electrons. The molecule has 0 amide bonds. The van der Waals surface area contributed by atoms with Crippen molar-refractivity contribution >= 4 is 0 Å². The third-order valence-electron chi connectivity index (χ3n) is 2.09. The molecule has 0 unspecified atom stereocenters. The van der Waals surface area contributed by atoms with Crippen LogP contribution in [0.5, 0.6) is 0 Å². The lowest BCUT2D eigenvalue weighted by Gasteiger charge is -2.02. The molecule has 0 saturated heterocycles. The highest BCUT2D eigenvalue weighted by atomic mass is 14.9. The second-order valence-corrected chi connectivity index (χ2v) is 3.26. The van der Waals surface area contributed by atoms with Crippen molar-refractivity contribution in [2.45, 2.75) is 6.54 Å². The molecule has 2 aromatic heterocycles. The molecule has 0 aliphatic carbocycles. The van der Waals surface area contributed by atoms with E-state index in [0.29, 0.717) is 0 Å². The van der Waals surface area contributed by atoms with E-state index in [1.165, 1.54) is 0 Å². The quantitative estimate of drug-likeness (QED) is 0.820. The van der Waals surface area contributed by atoms with Gasteiger partial charge in [-0.3, -0.25) is 4.98 Å². The molecule has 1 N–H and O–H groups in total. The van der Waals surface area contributed by atoms with E-state index in [1.807, 2.05) is 43.4 Å². The van der Waals surface area contributed by atoms with Gasteiger partial charge in [0.2, 0.25) is 0 Å². The van der Waals surface area contributed by atoms with E-state index >= 15 is 0 Å². The van der Waals surface area contributed by atoms with Crippen molar-refractivity contribution in [1.29, 1.82) is 0 Å². The summed E-state index contributed by atoms with van der Waals surface area (Å²) in [6.45, 7) is 0.778.